The summed E-state index contributed by atoms with van der Waals surface area (Å²) in [5, 5.41) is 39.6. The summed E-state index contributed by atoms with van der Waals surface area (Å²) in [6.07, 6.45) is 4.71. The van der Waals surface area contributed by atoms with Gasteiger partial charge in [0.25, 0.3) is 0 Å². The molecule has 22 nitrogen and oxygen atoms in total. The third kappa shape index (κ3) is 14.5. The fourth-order valence-corrected chi connectivity index (χ4v) is 7.11. The Morgan fingerprint density at radius 1 is 0.636 bits per heavy atom. The zero-order valence-electron chi connectivity index (χ0n) is 38.0. The maximum atomic E-state index is 12.7. The predicted molar refractivity (Wildman–Crippen MR) is 223 cm³/mol. The highest BCUT2D eigenvalue weighted by atomic mass is 16.6. The maximum absolute atomic E-state index is 12.7. The van der Waals surface area contributed by atoms with Crippen molar-refractivity contribution in [1.29, 1.82) is 0 Å². The summed E-state index contributed by atoms with van der Waals surface area (Å²) in [4.78, 5) is 114. The van der Waals surface area contributed by atoms with Crippen LogP contribution in [0.3, 0.4) is 0 Å². The zero-order valence-corrected chi connectivity index (χ0v) is 38.0. The minimum absolute atomic E-state index is 0.0168. The molecule has 8 unspecified atom stereocenters. The van der Waals surface area contributed by atoms with Crippen LogP contribution in [0.5, 0.6) is 0 Å². The van der Waals surface area contributed by atoms with Crippen LogP contribution >= 0.6 is 0 Å². The van der Waals surface area contributed by atoms with E-state index in [9.17, 15) is 58.2 Å². The minimum Gasteiger partial charge on any atom is -0.481 e. The molecule has 0 spiro atoms. The molecule has 5 aliphatic carbocycles. The molecule has 1 saturated carbocycles. The topological polar surface area (TPSA) is 328 Å². The van der Waals surface area contributed by atoms with Crippen molar-refractivity contribution in [2.75, 3.05) is 42.7 Å². The zero-order chi connectivity index (χ0) is 50.4. The number of carbonyl (C=O) groups is 10. The van der Waals surface area contributed by atoms with Crippen LogP contribution in [0.2, 0.25) is 0 Å². The van der Waals surface area contributed by atoms with E-state index in [1.54, 1.807) is 26.8 Å². The number of carbonyl (C=O) groups excluding carboxylic acids is 9. The van der Waals surface area contributed by atoms with Crippen molar-refractivity contribution >= 4 is 59.4 Å². The summed E-state index contributed by atoms with van der Waals surface area (Å²) in [6.45, 7) is 8.93. The van der Waals surface area contributed by atoms with Crippen molar-refractivity contribution in [3.63, 3.8) is 0 Å². The van der Waals surface area contributed by atoms with Gasteiger partial charge in [0.05, 0.1) is 101 Å². The Labute approximate surface area is 379 Å². The van der Waals surface area contributed by atoms with Gasteiger partial charge < -0.3 is 58.9 Å². The number of ether oxygens (including phenoxy) is 7. The standard InChI is InChI=1S/C18H25NO6.C9H12O5.C9H10O5.C8H10O5/c1-6-10-9-18(10,16(23)25-17(2,3)4)19-14(21)12-7-11(20)8-13(12)15(22)24-5;2*1-13-8(11)6-3-5(10)4-7(6)9(12)14-2;1-13-8(12)6-3-4(9)2-5(6)7(10)11/h6,8,10-12,20H,1,7,9H2,2-5H3,(H,19,21);3,5,7,10H,4H2,1-2H3;3,7H,4H2,1-2H3;3-5,9H,2H2,1H3,(H,10,11)/t10-,11?,12?,18?;;;/m1.../s1. The molecule has 22 heteroatoms. The van der Waals surface area contributed by atoms with E-state index >= 15 is 0 Å². The van der Waals surface area contributed by atoms with Gasteiger partial charge in [-0.2, -0.15) is 0 Å². The number of carboxylic acids is 1. The number of nitrogens with one attached hydrogen (secondary N) is 1. The summed E-state index contributed by atoms with van der Waals surface area (Å²) < 4.78 is 32.4. The number of ketones is 1. The van der Waals surface area contributed by atoms with E-state index in [4.69, 9.17) is 14.9 Å². The number of amides is 1. The highest BCUT2D eigenvalue weighted by molar-refractivity contribution is 6.09. The molecule has 5 aliphatic rings. The second-order valence-corrected chi connectivity index (χ2v) is 16.1. The van der Waals surface area contributed by atoms with Gasteiger partial charge in [0.2, 0.25) is 5.91 Å². The van der Waals surface area contributed by atoms with Crippen molar-refractivity contribution in [3.8, 4) is 0 Å². The lowest BCUT2D eigenvalue weighted by molar-refractivity contribution is -0.160. The van der Waals surface area contributed by atoms with Crippen molar-refractivity contribution in [2.45, 2.75) is 82.3 Å². The molecule has 5 rings (SSSR count). The number of hydrogen-bond donors (Lipinski definition) is 5. The van der Waals surface area contributed by atoms with Gasteiger partial charge in [-0.15, -0.1) is 6.58 Å². The highest BCUT2D eigenvalue weighted by Crippen LogP contribution is 2.46. The van der Waals surface area contributed by atoms with E-state index in [0.717, 1.165) is 6.08 Å². The Balaban J connectivity index is 0.000000317. The highest BCUT2D eigenvalue weighted by Gasteiger charge is 2.62. The second kappa shape index (κ2) is 24.1. The molecule has 0 aromatic carbocycles. The van der Waals surface area contributed by atoms with Gasteiger partial charge in [-0.05, 0) is 70.8 Å². The predicted octanol–water partition coefficient (Wildman–Crippen LogP) is -0.0922. The molecule has 0 heterocycles. The third-order valence-electron chi connectivity index (χ3n) is 10.4. The molecule has 0 aliphatic heterocycles. The number of aliphatic hydroxyl groups excluding tert-OH is 3. The first-order valence-corrected chi connectivity index (χ1v) is 20.1. The lowest BCUT2D eigenvalue weighted by Gasteiger charge is -2.26. The molecule has 0 aromatic heterocycles. The lowest BCUT2D eigenvalue weighted by atomic mass is 9.99. The monoisotopic (exact) mass is 935 g/mol. The SMILES string of the molecule is C=C[C@@H]1CC1(NC(=O)C1CC(O)C=C1C(=O)OC)C(=O)OC(C)(C)C.COC(=O)C1=CC(=O)CC1C(=O)OC.COC(=O)C1=CC(O)CC1C(=O)O.COC(=O)C1=CC(O)CC1C(=O)OC. The number of methoxy groups -OCH3 is 6. The minimum atomic E-state index is -1.17. The first kappa shape index (κ1) is 55.6. The number of hydrogen-bond acceptors (Lipinski definition) is 20. The average molecular weight is 936 g/mol. The molecule has 1 fully saturated rings. The fourth-order valence-electron chi connectivity index (χ4n) is 7.11. The number of esters is 7. The van der Waals surface area contributed by atoms with E-state index < -0.39 is 107 Å². The Bertz CT molecular complexity index is 2060. The van der Waals surface area contributed by atoms with Crippen LogP contribution in [0, 0.1) is 29.6 Å². The summed E-state index contributed by atoms with van der Waals surface area (Å²) in [6, 6.07) is 0. The number of aliphatic hydroxyl groups is 3. The Morgan fingerprint density at radius 2 is 1.03 bits per heavy atom. The quantitative estimate of drug-likeness (QED) is 0.103. The van der Waals surface area contributed by atoms with Gasteiger partial charge in [-0.25, -0.2) is 24.0 Å². The summed E-state index contributed by atoms with van der Waals surface area (Å²) >= 11 is 0. The molecule has 0 saturated heterocycles. The first-order chi connectivity index (χ1) is 30.8. The normalized spacial score (nSPS) is 26.7. The number of aliphatic carboxylic acids is 1. The Morgan fingerprint density at radius 3 is 1.42 bits per heavy atom. The second-order valence-electron chi connectivity index (χ2n) is 16.1. The fraction of sp³-hybridized carbons (Fsp3) is 0.545. The van der Waals surface area contributed by atoms with Crippen LogP contribution in [0.1, 0.15) is 52.9 Å². The molecule has 5 N–H and O–H groups in total. The van der Waals surface area contributed by atoms with Gasteiger partial charge in [0.15, 0.2) is 5.78 Å². The van der Waals surface area contributed by atoms with Crippen molar-refractivity contribution < 1.29 is 102 Å². The maximum Gasteiger partial charge on any atom is 0.334 e. The number of carboxylic acid groups (broad SMARTS) is 1. The van der Waals surface area contributed by atoms with Gasteiger partial charge in [-0.1, -0.05) is 6.08 Å². The lowest BCUT2D eigenvalue weighted by Crippen LogP contribution is -2.50. The molecule has 364 valence electrons. The molecular formula is C44H57NO21. The van der Waals surface area contributed by atoms with Gasteiger partial charge in [-0.3, -0.25) is 24.0 Å². The van der Waals surface area contributed by atoms with E-state index in [0.29, 0.717) is 6.42 Å². The number of rotatable bonds is 11. The van der Waals surface area contributed by atoms with Crippen LogP contribution < -0.4 is 5.32 Å². The Hall–Kier alpha value is -6.52. The van der Waals surface area contributed by atoms with Crippen molar-refractivity contribution in [1.82, 2.24) is 5.32 Å². The molecule has 0 bridgehead atoms. The number of allylic oxidation sites excluding steroid dienone is 1. The smallest absolute Gasteiger partial charge is 0.334 e. The molecule has 9 atom stereocenters. The van der Waals surface area contributed by atoms with Crippen LogP contribution in [0.25, 0.3) is 0 Å². The van der Waals surface area contributed by atoms with Crippen molar-refractivity contribution in [2.24, 2.45) is 29.6 Å². The van der Waals surface area contributed by atoms with E-state index in [2.05, 4.69) is 40.3 Å². The van der Waals surface area contributed by atoms with Crippen molar-refractivity contribution in [3.05, 3.63) is 59.3 Å². The molecule has 0 radical (unpaired) electrons. The molecule has 0 aromatic rings. The largest absolute Gasteiger partial charge is 0.481 e. The molecular weight excluding hydrogens is 878 g/mol. The Kier molecular flexibility index (Phi) is 20.3. The van der Waals surface area contributed by atoms with Gasteiger partial charge in [0.1, 0.15) is 11.1 Å². The van der Waals surface area contributed by atoms with Gasteiger partial charge >= 0.3 is 47.8 Å². The van der Waals surface area contributed by atoms with E-state index in [1.807, 2.05) is 0 Å². The van der Waals surface area contributed by atoms with Crippen LogP contribution in [0.4, 0.5) is 0 Å². The van der Waals surface area contributed by atoms with Crippen LogP contribution in [0.15, 0.2) is 59.3 Å². The van der Waals surface area contributed by atoms with E-state index in [-0.39, 0.29) is 59.7 Å². The van der Waals surface area contributed by atoms with E-state index in [1.165, 1.54) is 60.9 Å². The van der Waals surface area contributed by atoms with Crippen LogP contribution in [-0.2, 0) is 81.1 Å². The average Bonchev–Trinajstić information content (AvgIpc) is 3.70. The first-order valence-electron chi connectivity index (χ1n) is 20.1. The third-order valence-corrected chi connectivity index (χ3v) is 10.4. The summed E-state index contributed by atoms with van der Waals surface area (Å²) in [7, 11) is 7.25. The van der Waals surface area contributed by atoms with Gasteiger partial charge in [0, 0.05) is 17.9 Å². The summed E-state index contributed by atoms with van der Waals surface area (Å²) in [5.74, 6) is -9.71. The van der Waals surface area contributed by atoms with Crippen LogP contribution in [-0.4, -0.2) is 152 Å². The molecule has 66 heavy (non-hydrogen) atoms. The summed E-state index contributed by atoms with van der Waals surface area (Å²) in [5.41, 5.74) is -1.48. The molecule has 1 amide bonds.